The third kappa shape index (κ3) is 4.40. The van der Waals surface area contributed by atoms with Gasteiger partial charge in [0.25, 0.3) is 0 Å². The molecule has 2 heterocycles. The lowest BCUT2D eigenvalue weighted by atomic mass is 9.64. The zero-order valence-electron chi connectivity index (χ0n) is 14.5. The topological polar surface area (TPSA) is 114 Å². The lowest BCUT2D eigenvalue weighted by Crippen LogP contribution is -2.35. The number of carbonyl (C=O) groups excluding carboxylic acids is 2. The maximum Gasteiger partial charge on any atom is 0.526 e. The summed E-state index contributed by atoms with van der Waals surface area (Å²) in [5.41, 5.74) is 1.09. The molecule has 2 aromatic rings. The van der Waals surface area contributed by atoms with Crippen LogP contribution in [0.25, 0.3) is 0 Å². The maximum absolute atomic E-state index is 12.3. The molecule has 1 aromatic carbocycles. The molecule has 0 unspecified atom stereocenters. The summed E-state index contributed by atoms with van der Waals surface area (Å²) in [7, 11) is -1.27. The van der Waals surface area contributed by atoms with Crippen molar-refractivity contribution in [2.45, 2.75) is 31.5 Å². The highest BCUT2D eigenvalue weighted by Gasteiger charge is 2.37. The number of benzene rings is 1. The normalized spacial score (nSPS) is 15.6. The Morgan fingerprint density at radius 2 is 2.00 bits per heavy atom. The molecule has 0 saturated carbocycles. The second kappa shape index (κ2) is 8.13. The summed E-state index contributed by atoms with van der Waals surface area (Å²) < 4.78 is 5.38. The molecule has 2 N–H and O–H groups in total. The van der Waals surface area contributed by atoms with Crippen LogP contribution in [0.3, 0.4) is 0 Å². The van der Waals surface area contributed by atoms with Crippen LogP contribution in [0, 0.1) is 0 Å². The number of nitrogens with zero attached hydrogens (tertiary/aromatic N) is 1. The molecule has 7 nitrogen and oxygen atoms in total. The van der Waals surface area contributed by atoms with Crippen molar-refractivity contribution in [2.75, 3.05) is 0 Å². The van der Waals surface area contributed by atoms with E-state index in [1.165, 1.54) is 12.3 Å². The third-order valence-corrected chi connectivity index (χ3v) is 4.56. The Bertz CT molecular complexity index is 870. The molecule has 1 atom stereocenters. The van der Waals surface area contributed by atoms with Crippen molar-refractivity contribution in [3.8, 4) is 5.75 Å². The van der Waals surface area contributed by atoms with Gasteiger partial charge < -0.3 is 14.8 Å². The summed E-state index contributed by atoms with van der Waals surface area (Å²) in [5.74, 6) is -1.79. The van der Waals surface area contributed by atoms with Crippen molar-refractivity contribution in [3.05, 3.63) is 59.4 Å². The molecule has 3 rings (SSSR count). The minimum atomic E-state index is -1.27. The Kier molecular flexibility index (Phi) is 5.66. The molecule has 1 aliphatic rings. The number of carboxylic acids is 1. The molecule has 27 heavy (non-hydrogen) atoms. The zero-order chi connectivity index (χ0) is 19.4. The van der Waals surface area contributed by atoms with Gasteiger partial charge in [0, 0.05) is 43.0 Å². The number of aromatic carboxylic acids is 1. The summed E-state index contributed by atoms with van der Waals surface area (Å²) in [6.45, 7) is 0. The van der Waals surface area contributed by atoms with Crippen LogP contribution < -0.4 is 4.65 Å². The first-order chi connectivity index (χ1) is 13.0. The number of para-hydroxylation sites is 1. The highest BCUT2D eigenvalue weighted by molar-refractivity contribution is 6.47. The van der Waals surface area contributed by atoms with Crippen LogP contribution in [-0.4, -0.2) is 39.8 Å². The van der Waals surface area contributed by atoms with E-state index in [0.717, 1.165) is 0 Å². The van der Waals surface area contributed by atoms with Crippen LogP contribution in [0.4, 0.5) is 0 Å². The predicted octanol–water partition coefficient (Wildman–Crippen LogP) is 2.19. The van der Waals surface area contributed by atoms with Gasteiger partial charge in [-0.15, -0.1) is 0 Å². The van der Waals surface area contributed by atoms with E-state index < -0.39 is 18.9 Å². The number of fused-ring (bicyclic) bond motifs is 1. The standard InChI is InChI=1S/C19H18BNO6/c22-15(6-7-17(23)13-4-2-8-21-11-13)10-14-9-12-3-1-5-16(19(24)25)18(12)27-20(14)26/h1-5,8,11,14,26H,6-7,9-10H2,(H,24,25)/t14-/m1/s1. The first kappa shape index (κ1) is 18.8. The van der Waals surface area contributed by atoms with E-state index in [0.29, 0.717) is 17.5 Å². The van der Waals surface area contributed by atoms with Gasteiger partial charge in [-0.1, -0.05) is 12.1 Å². The number of hydrogen-bond donors (Lipinski definition) is 2. The highest BCUT2D eigenvalue weighted by Crippen LogP contribution is 2.36. The van der Waals surface area contributed by atoms with E-state index in [1.807, 2.05) is 0 Å². The minimum absolute atomic E-state index is 0.0154. The maximum atomic E-state index is 12.3. The van der Waals surface area contributed by atoms with Crippen LogP contribution in [-0.2, 0) is 11.2 Å². The minimum Gasteiger partial charge on any atom is -0.535 e. The number of ketones is 2. The number of aromatic nitrogens is 1. The number of Topliss-reactive ketones (excluding diaryl/α,β-unsaturated/α-hetero) is 2. The van der Waals surface area contributed by atoms with Gasteiger partial charge in [-0.2, -0.15) is 0 Å². The van der Waals surface area contributed by atoms with Crippen LogP contribution in [0.2, 0.25) is 5.82 Å². The molecule has 0 spiro atoms. The molecular weight excluding hydrogens is 349 g/mol. The molecule has 1 aliphatic heterocycles. The third-order valence-electron chi connectivity index (χ3n) is 4.56. The molecule has 8 heteroatoms. The van der Waals surface area contributed by atoms with Gasteiger partial charge >= 0.3 is 13.1 Å². The van der Waals surface area contributed by atoms with E-state index in [9.17, 15) is 24.5 Å². The Labute approximate surface area is 156 Å². The van der Waals surface area contributed by atoms with Crippen LogP contribution in [0.1, 0.15) is 45.5 Å². The van der Waals surface area contributed by atoms with Crippen molar-refractivity contribution in [3.63, 3.8) is 0 Å². The Balaban J connectivity index is 1.59. The Morgan fingerprint density at radius 1 is 1.19 bits per heavy atom. The highest BCUT2D eigenvalue weighted by atomic mass is 16.5. The quantitative estimate of drug-likeness (QED) is 0.570. The predicted molar refractivity (Wildman–Crippen MR) is 96.9 cm³/mol. The van der Waals surface area contributed by atoms with Crippen molar-refractivity contribution in [1.29, 1.82) is 0 Å². The van der Waals surface area contributed by atoms with E-state index in [4.69, 9.17) is 4.65 Å². The summed E-state index contributed by atoms with van der Waals surface area (Å²) >= 11 is 0. The van der Waals surface area contributed by atoms with Crippen molar-refractivity contribution in [2.24, 2.45) is 0 Å². The van der Waals surface area contributed by atoms with Crippen molar-refractivity contribution in [1.82, 2.24) is 4.98 Å². The van der Waals surface area contributed by atoms with E-state index in [2.05, 4.69) is 4.98 Å². The SMILES string of the molecule is O=C(CCC(=O)c1cccnc1)C[C@H]1Cc2cccc(C(=O)O)c2OB1O. The second-order valence-electron chi connectivity index (χ2n) is 6.48. The number of rotatable bonds is 7. The molecule has 0 fully saturated rings. The molecule has 1 aromatic heterocycles. The van der Waals surface area contributed by atoms with Gasteiger partial charge in [-0.25, -0.2) is 4.79 Å². The fraction of sp³-hybridized carbons (Fsp3) is 0.263. The van der Waals surface area contributed by atoms with E-state index in [1.54, 1.807) is 30.5 Å². The van der Waals surface area contributed by atoms with Gasteiger partial charge in [0.05, 0.1) is 5.56 Å². The van der Waals surface area contributed by atoms with Gasteiger partial charge in [0.1, 0.15) is 11.5 Å². The summed E-state index contributed by atoms with van der Waals surface area (Å²) in [6.07, 6.45) is 3.56. The first-order valence-electron chi connectivity index (χ1n) is 8.60. The summed E-state index contributed by atoms with van der Waals surface area (Å²) in [5, 5.41) is 19.4. The molecule has 0 radical (unpaired) electrons. The second-order valence-corrected chi connectivity index (χ2v) is 6.48. The van der Waals surface area contributed by atoms with E-state index in [-0.39, 0.29) is 42.1 Å². The molecule has 138 valence electrons. The van der Waals surface area contributed by atoms with Crippen LogP contribution in [0.5, 0.6) is 5.75 Å². The molecule has 0 aliphatic carbocycles. The number of carboxylic acid groups (broad SMARTS) is 1. The summed E-state index contributed by atoms with van der Waals surface area (Å²) in [4.78, 5) is 39.4. The molecular formula is C19H18BNO6. The van der Waals surface area contributed by atoms with Crippen LogP contribution >= 0.6 is 0 Å². The average molecular weight is 367 g/mol. The van der Waals surface area contributed by atoms with Gasteiger partial charge in [-0.3, -0.25) is 14.6 Å². The van der Waals surface area contributed by atoms with Gasteiger partial charge in [-0.05, 0) is 30.2 Å². The largest absolute Gasteiger partial charge is 0.535 e. The smallest absolute Gasteiger partial charge is 0.526 e. The van der Waals surface area contributed by atoms with E-state index >= 15 is 0 Å². The number of carbonyl (C=O) groups is 3. The Morgan fingerprint density at radius 3 is 2.70 bits per heavy atom. The lowest BCUT2D eigenvalue weighted by Gasteiger charge is -2.28. The van der Waals surface area contributed by atoms with Crippen LogP contribution in [0.15, 0.2) is 42.7 Å². The molecule has 0 amide bonds. The van der Waals surface area contributed by atoms with Gasteiger partial charge in [0.15, 0.2) is 5.78 Å². The van der Waals surface area contributed by atoms with Gasteiger partial charge in [0.2, 0.25) is 0 Å². The summed E-state index contributed by atoms with van der Waals surface area (Å²) in [6, 6.07) is 8.04. The van der Waals surface area contributed by atoms with Crippen molar-refractivity contribution >= 4 is 24.7 Å². The lowest BCUT2D eigenvalue weighted by molar-refractivity contribution is -0.119. The fourth-order valence-corrected chi connectivity index (χ4v) is 3.15. The average Bonchev–Trinajstić information content (AvgIpc) is 2.66. The molecule has 0 bridgehead atoms. The molecule has 0 saturated heterocycles. The number of hydrogen-bond acceptors (Lipinski definition) is 6. The fourth-order valence-electron chi connectivity index (χ4n) is 3.15. The zero-order valence-corrected chi connectivity index (χ0v) is 14.5. The Hall–Kier alpha value is -3.00. The first-order valence-corrected chi connectivity index (χ1v) is 8.60. The number of pyridine rings is 1. The monoisotopic (exact) mass is 367 g/mol. The van der Waals surface area contributed by atoms with Crippen molar-refractivity contribution < 1.29 is 29.2 Å².